The van der Waals surface area contributed by atoms with Crippen molar-refractivity contribution in [3.63, 3.8) is 0 Å². The average molecular weight is 590 g/mol. The van der Waals surface area contributed by atoms with Gasteiger partial charge in [-0.15, -0.1) is 0 Å². The quantitative estimate of drug-likeness (QED) is 0.148. The maximum atomic E-state index is 15.4. The van der Waals surface area contributed by atoms with E-state index in [1.165, 1.54) is 6.07 Å². The molecule has 5 N–H and O–H groups in total. The van der Waals surface area contributed by atoms with Crippen molar-refractivity contribution >= 4 is 59.4 Å². The van der Waals surface area contributed by atoms with Gasteiger partial charge in [-0.05, 0) is 24.3 Å². The van der Waals surface area contributed by atoms with Gasteiger partial charge in [0.25, 0.3) is 0 Å². The molecule has 1 amide bonds. The van der Waals surface area contributed by atoms with Crippen molar-refractivity contribution < 1.29 is 32.8 Å². The van der Waals surface area contributed by atoms with Crippen molar-refractivity contribution in [1.82, 2.24) is 20.2 Å². The highest BCUT2D eigenvalue weighted by Crippen LogP contribution is 2.45. The van der Waals surface area contributed by atoms with E-state index in [-0.39, 0.29) is 33.9 Å². The van der Waals surface area contributed by atoms with Crippen LogP contribution >= 0.6 is 19.4 Å². The fourth-order valence-electron chi connectivity index (χ4n) is 4.16. The number of nitrogens with one attached hydrogen (secondary N) is 3. The van der Waals surface area contributed by atoms with Crippen molar-refractivity contribution in [3.05, 3.63) is 60.0 Å². The molecule has 1 aliphatic rings. The van der Waals surface area contributed by atoms with Crippen LogP contribution in [-0.2, 0) is 14.1 Å². The van der Waals surface area contributed by atoms with Crippen LogP contribution in [0.15, 0.2) is 49.1 Å². The Morgan fingerprint density at radius 3 is 2.73 bits per heavy atom. The number of hydrogen-bond acceptors (Lipinski definition) is 9. The predicted octanol–water partition coefficient (Wildman–Crippen LogP) is 3.99. The summed E-state index contributed by atoms with van der Waals surface area (Å²) in [5.74, 6) is -1.57. The Morgan fingerprint density at radius 1 is 1.23 bits per heavy atom. The summed E-state index contributed by atoms with van der Waals surface area (Å²) in [6, 6.07) is 9.16. The second-order valence-corrected chi connectivity index (χ2v) is 10.1. The summed E-state index contributed by atoms with van der Waals surface area (Å²) < 4.78 is 37.2. The van der Waals surface area contributed by atoms with Gasteiger partial charge in [0.15, 0.2) is 17.2 Å². The van der Waals surface area contributed by atoms with Gasteiger partial charge >= 0.3 is 7.82 Å². The molecule has 1 aliphatic heterocycles. The van der Waals surface area contributed by atoms with E-state index in [9.17, 15) is 19.1 Å². The molecular weight excluding hydrogens is 568 g/mol. The maximum Gasteiger partial charge on any atom is 0.524 e. The molecule has 13 nitrogen and oxygen atoms in total. The Kier molecular flexibility index (Phi) is 7.70. The lowest BCUT2D eigenvalue weighted by Crippen LogP contribution is -2.37. The van der Waals surface area contributed by atoms with Gasteiger partial charge in [-0.1, -0.05) is 30.3 Å². The number of fused-ring (bicyclic) bond motifs is 1. The van der Waals surface area contributed by atoms with Crippen molar-refractivity contribution in [3.8, 4) is 17.0 Å². The van der Waals surface area contributed by atoms with Gasteiger partial charge in [-0.25, -0.2) is 13.9 Å². The third-order valence-corrected chi connectivity index (χ3v) is 6.50. The lowest BCUT2D eigenvalue weighted by Gasteiger charge is -2.30. The number of aromatic amines is 1. The summed E-state index contributed by atoms with van der Waals surface area (Å²) in [6.45, 7) is 4.68. The van der Waals surface area contributed by atoms with Gasteiger partial charge in [0.05, 0.1) is 24.3 Å². The Hall–Kier alpha value is -4.07. The number of nitrogens with zero attached hydrogens (tertiary/aromatic N) is 4. The van der Waals surface area contributed by atoms with Crippen LogP contribution in [0.4, 0.5) is 27.4 Å². The zero-order valence-corrected chi connectivity index (χ0v) is 22.2. The number of benzene rings is 2. The normalized spacial score (nSPS) is 13.8. The fourth-order valence-corrected chi connectivity index (χ4v) is 4.77. The Bertz CT molecular complexity index is 1660. The summed E-state index contributed by atoms with van der Waals surface area (Å²) in [5.41, 5.74) is 1.51. The number of rotatable bonds is 8. The minimum absolute atomic E-state index is 0.0214. The van der Waals surface area contributed by atoms with Crippen LogP contribution in [0.2, 0.25) is 5.15 Å². The van der Waals surface area contributed by atoms with Gasteiger partial charge < -0.3 is 24.8 Å². The van der Waals surface area contributed by atoms with Gasteiger partial charge in [-0.3, -0.25) is 19.7 Å². The molecule has 5 rings (SSSR count). The Morgan fingerprint density at radius 2 is 2.00 bits per heavy atom. The highest BCUT2D eigenvalue weighted by atomic mass is 35.5. The highest BCUT2D eigenvalue weighted by Gasteiger charge is 2.26. The summed E-state index contributed by atoms with van der Waals surface area (Å²) in [7, 11) is -5.03. The number of phosphoric ester groups is 1. The van der Waals surface area contributed by atoms with Crippen LogP contribution in [0.5, 0.6) is 5.75 Å². The first-order valence-electron chi connectivity index (χ1n) is 11.7. The smallest absolute Gasteiger partial charge is 0.402 e. The first kappa shape index (κ1) is 27.5. The number of carbonyl (C=O) groups excluding carboxylic acids is 1. The summed E-state index contributed by atoms with van der Waals surface area (Å²) in [4.78, 5) is 41.2. The zero-order chi connectivity index (χ0) is 28.4. The maximum absolute atomic E-state index is 15.4. The lowest BCUT2D eigenvalue weighted by molar-refractivity contribution is -0.111. The second-order valence-electron chi connectivity index (χ2n) is 8.52. The van der Waals surface area contributed by atoms with Crippen molar-refractivity contribution in [1.29, 1.82) is 0 Å². The Balaban J connectivity index is 1.56. The summed E-state index contributed by atoms with van der Waals surface area (Å²) in [6.07, 6.45) is 1.14. The topological polar surface area (TPSA) is 175 Å². The van der Waals surface area contributed by atoms with Crippen LogP contribution in [-0.4, -0.2) is 62.2 Å². The molecule has 4 aromatic rings. The van der Waals surface area contributed by atoms with E-state index in [2.05, 4.69) is 37.4 Å². The molecule has 40 heavy (non-hydrogen) atoms. The molecule has 1 saturated heterocycles. The van der Waals surface area contributed by atoms with E-state index in [1.807, 2.05) is 0 Å². The molecule has 0 unspecified atom stereocenters. The van der Waals surface area contributed by atoms with Crippen LogP contribution in [0.3, 0.4) is 0 Å². The van der Waals surface area contributed by atoms with Gasteiger partial charge in [0, 0.05) is 36.1 Å². The second kappa shape index (κ2) is 11.2. The molecule has 0 spiro atoms. The van der Waals surface area contributed by atoms with E-state index >= 15 is 4.39 Å². The van der Waals surface area contributed by atoms with Gasteiger partial charge in [-0.2, -0.15) is 10.1 Å². The molecule has 2 aromatic carbocycles. The van der Waals surface area contributed by atoms with E-state index in [1.54, 1.807) is 29.2 Å². The van der Waals surface area contributed by atoms with Crippen LogP contribution in [0.25, 0.3) is 22.3 Å². The number of morpholine rings is 1. The van der Waals surface area contributed by atoms with E-state index < -0.39 is 19.5 Å². The van der Waals surface area contributed by atoms with Gasteiger partial charge in [0.2, 0.25) is 11.9 Å². The number of aromatic nitrogens is 4. The molecular formula is C24H22ClFN7O6P. The van der Waals surface area contributed by atoms with Crippen molar-refractivity contribution in [2.75, 3.05) is 41.8 Å². The number of anilines is 4. The number of phosphoric acid groups is 1. The first-order valence-corrected chi connectivity index (χ1v) is 13.7. The molecule has 16 heteroatoms. The van der Waals surface area contributed by atoms with E-state index in [0.717, 1.165) is 12.1 Å². The molecule has 3 heterocycles. The molecule has 0 aliphatic carbocycles. The molecule has 208 valence electrons. The molecule has 0 saturated carbocycles. The standard InChI is InChI=1S/C24H22ClFN7O6P/c1-2-18(34)27-14-5-3-4-13(10-14)20-19-22(25)31-32-23(19)30-24(29-20)28-15-11-16(26)21(33-6-8-38-9-7-33)17(12-15)39-40(35,36)37/h2-5,10-12H,1,6-9H2,(H,27,34)(H2,35,36,37)(H2,28,29,30,31,32). The summed E-state index contributed by atoms with van der Waals surface area (Å²) >= 11 is 6.33. The number of amides is 1. The lowest BCUT2D eigenvalue weighted by atomic mass is 10.1. The van der Waals surface area contributed by atoms with E-state index in [4.69, 9.17) is 20.9 Å². The molecule has 0 atom stereocenters. The van der Waals surface area contributed by atoms with Crippen LogP contribution in [0, 0.1) is 5.82 Å². The zero-order valence-electron chi connectivity index (χ0n) is 20.6. The predicted molar refractivity (Wildman–Crippen MR) is 146 cm³/mol. The fraction of sp³-hybridized carbons (Fsp3) is 0.167. The molecule has 0 bridgehead atoms. The largest absolute Gasteiger partial charge is 0.524 e. The molecule has 0 radical (unpaired) electrons. The van der Waals surface area contributed by atoms with Gasteiger partial charge in [0.1, 0.15) is 10.8 Å². The van der Waals surface area contributed by atoms with Crippen molar-refractivity contribution in [2.45, 2.75) is 0 Å². The third kappa shape index (κ3) is 6.06. The third-order valence-electron chi connectivity index (χ3n) is 5.79. The first-order chi connectivity index (χ1) is 19.1. The molecule has 2 aromatic heterocycles. The number of carbonyl (C=O) groups is 1. The van der Waals surface area contributed by atoms with Crippen LogP contribution in [0.1, 0.15) is 0 Å². The summed E-state index contributed by atoms with van der Waals surface area (Å²) in [5, 5.41) is 12.8. The Labute approximate surface area is 231 Å². The monoisotopic (exact) mass is 589 g/mol. The molecule has 1 fully saturated rings. The minimum Gasteiger partial charge on any atom is -0.402 e. The minimum atomic E-state index is -5.03. The average Bonchev–Trinajstić information content (AvgIpc) is 3.28. The number of halogens is 2. The number of ether oxygens (including phenoxy) is 1. The van der Waals surface area contributed by atoms with E-state index in [0.29, 0.717) is 48.6 Å². The van der Waals surface area contributed by atoms with Crippen molar-refractivity contribution in [2.24, 2.45) is 0 Å². The number of hydrogen-bond donors (Lipinski definition) is 5. The van der Waals surface area contributed by atoms with Crippen LogP contribution < -0.4 is 20.1 Å². The number of H-pyrrole nitrogens is 1. The SMILES string of the molecule is C=CC(=O)Nc1cccc(-c2nc(Nc3cc(F)c(N4CCOCC4)c(OP(=O)(O)O)c3)nc3n[nH]c(Cl)c23)c1. The highest BCUT2D eigenvalue weighted by molar-refractivity contribution is 7.46.